The molecule has 0 aromatic carbocycles. The minimum atomic E-state index is -0.0281. The number of urea groups is 1. The van der Waals surface area contributed by atoms with Crippen LogP contribution >= 0.6 is 11.8 Å². The maximum Gasteiger partial charge on any atom is 0.315 e. The second-order valence-electron chi connectivity index (χ2n) is 4.42. The second kappa shape index (κ2) is 9.59. The van der Waals surface area contributed by atoms with Gasteiger partial charge in [0.1, 0.15) is 0 Å². The summed E-state index contributed by atoms with van der Waals surface area (Å²) in [5, 5.41) is 14.5. The average Bonchev–Trinajstić information content (AvgIpc) is 2.35. The lowest BCUT2D eigenvalue weighted by Crippen LogP contribution is -2.43. The van der Waals surface area contributed by atoms with Gasteiger partial charge in [0.05, 0.1) is 0 Å². The normalized spacial score (nSPS) is 16.8. The van der Waals surface area contributed by atoms with E-state index in [1.807, 2.05) is 0 Å². The predicted molar refractivity (Wildman–Crippen MR) is 72.4 cm³/mol. The maximum absolute atomic E-state index is 11.5. The van der Waals surface area contributed by atoms with E-state index in [0.717, 1.165) is 30.8 Å². The van der Waals surface area contributed by atoms with Gasteiger partial charge in [0.2, 0.25) is 0 Å². The predicted octanol–water partition coefficient (Wildman–Crippen LogP) is 1.73. The summed E-state index contributed by atoms with van der Waals surface area (Å²) in [6.07, 6.45) is 6.86. The third-order valence-electron chi connectivity index (χ3n) is 2.92. The summed E-state index contributed by atoms with van der Waals surface area (Å²) in [4.78, 5) is 11.5. The highest BCUT2D eigenvalue weighted by molar-refractivity contribution is 7.99. The van der Waals surface area contributed by atoms with Gasteiger partial charge in [-0.3, -0.25) is 0 Å². The van der Waals surface area contributed by atoms with E-state index in [0.29, 0.717) is 12.6 Å². The van der Waals surface area contributed by atoms with Crippen LogP contribution in [0.1, 0.15) is 38.5 Å². The molecule has 0 aromatic heterocycles. The van der Waals surface area contributed by atoms with Crippen molar-refractivity contribution in [2.75, 3.05) is 24.7 Å². The van der Waals surface area contributed by atoms with Crippen molar-refractivity contribution >= 4 is 17.8 Å². The summed E-state index contributed by atoms with van der Waals surface area (Å²) in [5.74, 6) is 1.88. The fourth-order valence-electron chi connectivity index (χ4n) is 1.99. The molecule has 3 N–H and O–H groups in total. The number of thioether (sulfide) groups is 1. The minimum Gasteiger partial charge on any atom is -0.396 e. The number of amides is 2. The number of carbonyl (C=O) groups excluding carboxylic acids is 1. The van der Waals surface area contributed by atoms with Crippen molar-refractivity contribution < 1.29 is 9.90 Å². The van der Waals surface area contributed by atoms with Crippen LogP contribution in [0.25, 0.3) is 0 Å². The number of carbonyl (C=O) groups is 1. The highest BCUT2D eigenvalue weighted by Crippen LogP contribution is 2.17. The Hall–Kier alpha value is -0.420. The van der Waals surface area contributed by atoms with Crippen LogP contribution in [0.2, 0.25) is 0 Å². The second-order valence-corrected chi connectivity index (χ2v) is 5.65. The van der Waals surface area contributed by atoms with E-state index >= 15 is 0 Å². The van der Waals surface area contributed by atoms with E-state index in [9.17, 15) is 4.79 Å². The number of aliphatic hydroxyl groups excluding tert-OH is 1. The van der Waals surface area contributed by atoms with Crippen LogP contribution in [0.5, 0.6) is 0 Å². The first-order valence-corrected chi connectivity index (χ1v) is 7.71. The molecule has 0 bridgehead atoms. The smallest absolute Gasteiger partial charge is 0.315 e. The maximum atomic E-state index is 11.5. The summed E-state index contributed by atoms with van der Waals surface area (Å²) < 4.78 is 0. The van der Waals surface area contributed by atoms with Crippen molar-refractivity contribution in [1.29, 1.82) is 0 Å². The average molecular weight is 260 g/mol. The van der Waals surface area contributed by atoms with Gasteiger partial charge in [-0.25, -0.2) is 4.79 Å². The lowest BCUT2D eigenvalue weighted by molar-refractivity contribution is 0.233. The zero-order valence-corrected chi connectivity index (χ0v) is 11.2. The first kappa shape index (κ1) is 14.6. The van der Waals surface area contributed by atoms with Crippen molar-refractivity contribution in [2.24, 2.45) is 0 Å². The molecule has 17 heavy (non-hydrogen) atoms. The number of hydrogen-bond acceptors (Lipinski definition) is 3. The van der Waals surface area contributed by atoms with E-state index in [1.165, 1.54) is 19.3 Å². The van der Waals surface area contributed by atoms with Gasteiger partial charge < -0.3 is 15.7 Å². The van der Waals surface area contributed by atoms with Crippen LogP contribution in [0.3, 0.4) is 0 Å². The van der Waals surface area contributed by atoms with Gasteiger partial charge in [-0.2, -0.15) is 11.8 Å². The van der Waals surface area contributed by atoms with Crippen LogP contribution in [0.15, 0.2) is 0 Å². The highest BCUT2D eigenvalue weighted by Gasteiger charge is 2.14. The number of nitrogens with one attached hydrogen (secondary N) is 2. The van der Waals surface area contributed by atoms with E-state index in [2.05, 4.69) is 10.6 Å². The summed E-state index contributed by atoms with van der Waals surface area (Å²) in [5.41, 5.74) is 0. The third-order valence-corrected chi connectivity index (χ3v) is 3.99. The SMILES string of the molecule is O=C(NCCSCCCO)NC1CCCCC1. The Labute approximate surface area is 108 Å². The molecule has 100 valence electrons. The van der Waals surface area contributed by atoms with Crippen LogP contribution in [0, 0.1) is 0 Å². The molecule has 0 saturated heterocycles. The molecule has 1 fully saturated rings. The van der Waals surface area contributed by atoms with E-state index in [-0.39, 0.29) is 12.6 Å². The molecule has 4 nitrogen and oxygen atoms in total. The Morgan fingerprint density at radius 2 is 2.00 bits per heavy atom. The summed E-state index contributed by atoms with van der Waals surface area (Å²) >= 11 is 1.76. The topological polar surface area (TPSA) is 61.4 Å². The molecule has 0 atom stereocenters. The molecule has 0 unspecified atom stereocenters. The van der Waals surface area contributed by atoms with Gasteiger partial charge in [-0.1, -0.05) is 19.3 Å². The van der Waals surface area contributed by atoms with Gasteiger partial charge in [-0.15, -0.1) is 0 Å². The molecule has 1 saturated carbocycles. The van der Waals surface area contributed by atoms with Gasteiger partial charge in [0.25, 0.3) is 0 Å². The largest absolute Gasteiger partial charge is 0.396 e. The van der Waals surface area contributed by atoms with E-state index in [1.54, 1.807) is 11.8 Å². The van der Waals surface area contributed by atoms with Crippen molar-refractivity contribution in [3.8, 4) is 0 Å². The lowest BCUT2D eigenvalue weighted by atomic mass is 9.96. The van der Waals surface area contributed by atoms with Crippen LogP contribution < -0.4 is 10.6 Å². The van der Waals surface area contributed by atoms with Crippen molar-refractivity contribution in [2.45, 2.75) is 44.6 Å². The van der Waals surface area contributed by atoms with Crippen molar-refractivity contribution in [3.63, 3.8) is 0 Å². The Morgan fingerprint density at radius 1 is 1.24 bits per heavy atom. The molecule has 1 aliphatic carbocycles. The van der Waals surface area contributed by atoms with Gasteiger partial charge in [0.15, 0.2) is 0 Å². The highest BCUT2D eigenvalue weighted by atomic mass is 32.2. The molecule has 2 amide bonds. The minimum absolute atomic E-state index is 0.0281. The first-order valence-electron chi connectivity index (χ1n) is 6.56. The zero-order chi connectivity index (χ0) is 12.3. The molecule has 0 radical (unpaired) electrons. The van der Waals surface area contributed by atoms with Crippen LogP contribution in [-0.2, 0) is 0 Å². The van der Waals surface area contributed by atoms with Gasteiger partial charge >= 0.3 is 6.03 Å². The van der Waals surface area contributed by atoms with Crippen molar-refractivity contribution in [1.82, 2.24) is 10.6 Å². The Kier molecular flexibility index (Phi) is 8.26. The fraction of sp³-hybridized carbons (Fsp3) is 0.917. The monoisotopic (exact) mass is 260 g/mol. The summed E-state index contributed by atoms with van der Waals surface area (Å²) in [7, 11) is 0. The number of rotatable bonds is 7. The molecular weight excluding hydrogens is 236 g/mol. The molecule has 1 aliphatic rings. The number of aliphatic hydroxyl groups is 1. The standard InChI is InChI=1S/C12H24N2O2S/c15-8-4-9-17-10-7-13-12(16)14-11-5-2-1-3-6-11/h11,15H,1-10H2,(H2,13,14,16). The Balaban J connectivity index is 1.93. The molecule has 0 aromatic rings. The third kappa shape index (κ3) is 7.49. The summed E-state index contributed by atoms with van der Waals surface area (Å²) in [6, 6.07) is 0.352. The molecular formula is C12H24N2O2S. The quantitative estimate of drug-likeness (QED) is 0.611. The van der Waals surface area contributed by atoms with Gasteiger partial charge in [-0.05, 0) is 25.0 Å². The zero-order valence-electron chi connectivity index (χ0n) is 10.4. The molecule has 5 heteroatoms. The molecule has 0 heterocycles. The number of hydrogen-bond donors (Lipinski definition) is 3. The molecule has 1 rings (SSSR count). The summed E-state index contributed by atoms with van der Waals surface area (Å²) in [6.45, 7) is 0.956. The van der Waals surface area contributed by atoms with Crippen molar-refractivity contribution in [3.05, 3.63) is 0 Å². The van der Waals surface area contributed by atoms with Crippen LogP contribution in [0.4, 0.5) is 4.79 Å². The van der Waals surface area contributed by atoms with E-state index < -0.39 is 0 Å². The first-order chi connectivity index (χ1) is 8.33. The fourth-order valence-corrected chi connectivity index (χ4v) is 2.77. The van der Waals surface area contributed by atoms with Gasteiger partial charge in [0, 0.05) is 24.9 Å². The molecule has 0 aliphatic heterocycles. The van der Waals surface area contributed by atoms with Crippen LogP contribution in [-0.4, -0.2) is 41.8 Å². The molecule has 0 spiro atoms. The Bertz CT molecular complexity index is 209. The van der Waals surface area contributed by atoms with E-state index in [4.69, 9.17) is 5.11 Å². The lowest BCUT2D eigenvalue weighted by Gasteiger charge is -2.22. The Morgan fingerprint density at radius 3 is 2.71 bits per heavy atom.